The summed E-state index contributed by atoms with van der Waals surface area (Å²) in [5.74, 6) is -2.43. The lowest BCUT2D eigenvalue weighted by atomic mass is 10.1. The number of hydrogen-bond acceptors (Lipinski definition) is 4. The molecule has 1 aromatic heterocycles. The molecule has 0 aliphatic heterocycles. The van der Waals surface area contributed by atoms with E-state index in [0.29, 0.717) is 17.3 Å². The molecule has 0 radical (unpaired) electrons. The zero-order valence-corrected chi connectivity index (χ0v) is 12.4. The van der Waals surface area contributed by atoms with Gasteiger partial charge in [-0.25, -0.2) is 13.5 Å². The van der Waals surface area contributed by atoms with Gasteiger partial charge in [0.05, 0.1) is 11.4 Å². The normalized spacial score (nSPS) is 10.2. The Hall–Kier alpha value is -3.08. The predicted octanol–water partition coefficient (Wildman–Crippen LogP) is 1.65. The minimum atomic E-state index is -0.934. The highest BCUT2D eigenvalue weighted by atomic mass is 19.1. The van der Waals surface area contributed by atoms with Gasteiger partial charge in [0.2, 0.25) is 5.91 Å². The van der Waals surface area contributed by atoms with Gasteiger partial charge in [-0.15, -0.1) is 0 Å². The van der Waals surface area contributed by atoms with Crippen molar-refractivity contribution in [2.24, 2.45) is 0 Å². The number of carbonyl (C=O) groups is 1. The Morgan fingerprint density at radius 2 is 2.09 bits per heavy atom. The highest BCUT2D eigenvalue weighted by molar-refractivity contribution is 5.90. The Kier molecular flexibility index (Phi) is 4.50. The Morgan fingerprint density at radius 1 is 1.39 bits per heavy atom. The molecular weight excluding hydrogens is 306 g/mol. The van der Waals surface area contributed by atoms with Gasteiger partial charge in [0, 0.05) is 6.07 Å². The molecule has 1 amide bonds. The quantitative estimate of drug-likeness (QED) is 0.932. The van der Waals surface area contributed by atoms with Crippen LogP contribution in [0.3, 0.4) is 0 Å². The van der Waals surface area contributed by atoms with E-state index in [4.69, 9.17) is 5.26 Å². The van der Waals surface area contributed by atoms with E-state index in [2.05, 4.69) is 10.4 Å². The average Bonchev–Trinajstić information content (AvgIpc) is 2.48. The number of nitrogens with zero attached hydrogens (tertiary/aromatic N) is 3. The maximum Gasteiger partial charge on any atom is 0.285 e. The Bertz CT molecular complexity index is 884. The van der Waals surface area contributed by atoms with Crippen molar-refractivity contribution in [1.82, 2.24) is 9.78 Å². The number of hydrogen-bond donors (Lipinski definition) is 1. The molecule has 0 atom stereocenters. The number of nitriles is 1. The van der Waals surface area contributed by atoms with E-state index in [-0.39, 0.29) is 11.3 Å². The summed E-state index contributed by atoms with van der Waals surface area (Å²) in [6.07, 6.45) is 0. The molecule has 1 heterocycles. The summed E-state index contributed by atoms with van der Waals surface area (Å²) in [6, 6.07) is 4.47. The van der Waals surface area contributed by atoms with Crippen molar-refractivity contribution in [2.45, 2.75) is 20.4 Å². The van der Waals surface area contributed by atoms with Crippen LogP contribution in [0.5, 0.6) is 0 Å². The topological polar surface area (TPSA) is 87.8 Å². The molecule has 8 heteroatoms. The molecule has 6 nitrogen and oxygen atoms in total. The molecule has 0 spiro atoms. The van der Waals surface area contributed by atoms with Crippen LogP contribution in [0.2, 0.25) is 0 Å². The lowest BCUT2D eigenvalue weighted by Crippen LogP contribution is -2.32. The van der Waals surface area contributed by atoms with Crippen LogP contribution in [0.1, 0.15) is 16.8 Å². The summed E-state index contributed by atoms with van der Waals surface area (Å²) in [6.45, 7) is 2.69. The van der Waals surface area contributed by atoms with E-state index < -0.39 is 29.6 Å². The number of aromatic nitrogens is 2. The van der Waals surface area contributed by atoms with Crippen LogP contribution in [0.4, 0.5) is 14.5 Å². The molecule has 1 aromatic carbocycles. The van der Waals surface area contributed by atoms with Gasteiger partial charge < -0.3 is 5.32 Å². The zero-order valence-electron chi connectivity index (χ0n) is 12.4. The van der Waals surface area contributed by atoms with Crippen LogP contribution in [-0.4, -0.2) is 15.7 Å². The summed E-state index contributed by atoms with van der Waals surface area (Å²) in [5, 5.41) is 15.2. The summed E-state index contributed by atoms with van der Waals surface area (Å²) in [5.41, 5.74) is -0.141. The van der Waals surface area contributed by atoms with Crippen molar-refractivity contribution in [2.75, 3.05) is 5.32 Å². The SMILES string of the molecule is Cc1nn(CC(=O)Nc2ccc(F)cc2F)c(=O)c(C#N)c1C. The highest BCUT2D eigenvalue weighted by Crippen LogP contribution is 2.14. The summed E-state index contributed by atoms with van der Waals surface area (Å²) >= 11 is 0. The minimum absolute atomic E-state index is 0.0988. The monoisotopic (exact) mass is 318 g/mol. The van der Waals surface area contributed by atoms with E-state index >= 15 is 0 Å². The number of aryl methyl sites for hydroxylation is 1. The second-order valence-electron chi connectivity index (χ2n) is 4.83. The zero-order chi connectivity index (χ0) is 17.1. The first-order valence-electron chi connectivity index (χ1n) is 6.56. The van der Waals surface area contributed by atoms with E-state index in [1.807, 2.05) is 0 Å². The van der Waals surface area contributed by atoms with Crippen molar-refractivity contribution < 1.29 is 13.6 Å². The molecule has 0 fully saturated rings. The Morgan fingerprint density at radius 3 is 2.70 bits per heavy atom. The van der Waals surface area contributed by atoms with E-state index in [0.717, 1.165) is 16.8 Å². The van der Waals surface area contributed by atoms with E-state index in [1.165, 1.54) is 0 Å². The number of amides is 1. The summed E-state index contributed by atoms with van der Waals surface area (Å²) in [4.78, 5) is 24.0. The van der Waals surface area contributed by atoms with Crippen LogP contribution < -0.4 is 10.9 Å². The van der Waals surface area contributed by atoms with Crippen LogP contribution >= 0.6 is 0 Å². The molecule has 23 heavy (non-hydrogen) atoms. The largest absolute Gasteiger partial charge is 0.322 e. The van der Waals surface area contributed by atoms with Gasteiger partial charge in [0.15, 0.2) is 0 Å². The van der Waals surface area contributed by atoms with Crippen LogP contribution in [0.25, 0.3) is 0 Å². The molecule has 0 bridgehead atoms. The van der Waals surface area contributed by atoms with Crippen LogP contribution in [0.15, 0.2) is 23.0 Å². The molecule has 0 aliphatic rings. The lowest BCUT2D eigenvalue weighted by Gasteiger charge is -2.10. The molecule has 2 rings (SSSR count). The van der Waals surface area contributed by atoms with Gasteiger partial charge >= 0.3 is 0 Å². The molecule has 118 valence electrons. The van der Waals surface area contributed by atoms with Gasteiger partial charge in [-0.05, 0) is 31.5 Å². The molecule has 1 N–H and O–H groups in total. The number of halogens is 2. The first-order valence-corrected chi connectivity index (χ1v) is 6.56. The summed E-state index contributed by atoms with van der Waals surface area (Å²) in [7, 11) is 0. The number of rotatable bonds is 3. The Labute approximate surface area is 130 Å². The fraction of sp³-hybridized carbons (Fsp3) is 0.200. The maximum absolute atomic E-state index is 13.5. The third kappa shape index (κ3) is 3.40. The standard InChI is InChI=1S/C15H12F2N4O2/c1-8-9(2)20-21(15(23)11(8)6-18)7-14(22)19-13-4-3-10(16)5-12(13)17/h3-5H,7H2,1-2H3,(H,19,22). The fourth-order valence-corrected chi connectivity index (χ4v) is 1.93. The maximum atomic E-state index is 13.5. The Balaban J connectivity index is 2.26. The van der Waals surface area contributed by atoms with Crippen molar-refractivity contribution >= 4 is 11.6 Å². The van der Waals surface area contributed by atoms with Gasteiger partial charge in [-0.1, -0.05) is 0 Å². The van der Waals surface area contributed by atoms with Gasteiger partial charge in [0.25, 0.3) is 5.56 Å². The number of nitrogens with one attached hydrogen (secondary N) is 1. The van der Waals surface area contributed by atoms with Gasteiger partial charge in [-0.3, -0.25) is 9.59 Å². The van der Waals surface area contributed by atoms with E-state index in [1.54, 1.807) is 19.9 Å². The third-order valence-corrected chi connectivity index (χ3v) is 3.25. The van der Waals surface area contributed by atoms with E-state index in [9.17, 15) is 18.4 Å². The van der Waals surface area contributed by atoms with Crippen molar-refractivity contribution in [3.8, 4) is 6.07 Å². The second kappa shape index (κ2) is 6.36. The van der Waals surface area contributed by atoms with Crippen LogP contribution in [-0.2, 0) is 11.3 Å². The first kappa shape index (κ1) is 16.3. The molecule has 0 saturated carbocycles. The number of carbonyl (C=O) groups excluding carboxylic acids is 1. The third-order valence-electron chi connectivity index (χ3n) is 3.25. The van der Waals surface area contributed by atoms with Crippen molar-refractivity contribution in [3.05, 3.63) is 57.0 Å². The molecule has 0 unspecified atom stereocenters. The second-order valence-corrected chi connectivity index (χ2v) is 4.83. The van der Waals surface area contributed by atoms with Crippen molar-refractivity contribution in [3.63, 3.8) is 0 Å². The average molecular weight is 318 g/mol. The number of anilines is 1. The van der Waals surface area contributed by atoms with Crippen LogP contribution in [0, 0.1) is 36.8 Å². The van der Waals surface area contributed by atoms with Gasteiger partial charge in [0.1, 0.15) is 29.8 Å². The minimum Gasteiger partial charge on any atom is -0.322 e. The number of benzene rings is 1. The van der Waals surface area contributed by atoms with Crippen molar-refractivity contribution in [1.29, 1.82) is 5.26 Å². The predicted molar refractivity (Wildman–Crippen MR) is 77.7 cm³/mol. The lowest BCUT2D eigenvalue weighted by molar-refractivity contribution is -0.117. The molecule has 0 aliphatic carbocycles. The summed E-state index contributed by atoms with van der Waals surface area (Å²) < 4.78 is 27.1. The molecule has 0 saturated heterocycles. The molecule has 2 aromatic rings. The first-order chi connectivity index (χ1) is 10.8. The smallest absolute Gasteiger partial charge is 0.285 e. The van der Waals surface area contributed by atoms with Gasteiger partial charge in [-0.2, -0.15) is 10.4 Å². The fourth-order valence-electron chi connectivity index (χ4n) is 1.93. The molecular formula is C15H12F2N4O2. The highest BCUT2D eigenvalue weighted by Gasteiger charge is 2.15.